The number of rotatable bonds is 5. The Labute approximate surface area is 148 Å². The molecule has 126 valence electrons. The van der Waals surface area contributed by atoms with E-state index in [4.69, 9.17) is 28.9 Å². The molecule has 9 heteroatoms. The highest BCUT2D eigenvalue weighted by atomic mass is 35.5. The minimum Gasteiger partial charge on any atom is -0.364 e. The second-order valence-corrected chi connectivity index (χ2v) is 6.46. The Balaban J connectivity index is 1.49. The number of hydrogen-bond acceptors (Lipinski definition) is 4. The Morgan fingerprint density at radius 2 is 2.00 bits per heavy atom. The molecule has 0 aliphatic carbocycles. The van der Waals surface area contributed by atoms with E-state index < -0.39 is 5.91 Å². The highest BCUT2D eigenvalue weighted by molar-refractivity contribution is 6.42. The number of benzene rings is 1. The third-order valence-electron chi connectivity index (χ3n) is 3.96. The molecule has 0 saturated carbocycles. The standard InChI is InChI=1S/C15H15Cl2N5O2/c16-11-3-1-9(5-12(11)17)2-4-14(23)21-6-10(7-21)22-8-13(15(18)24)19-20-22/h1,3,5,8,10H,2,4,6-7H2,(H2,18,24). The van der Waals surface area contributed by atoms with Gasteiger partial charge in [-0.3, -0.25) is 9.59 Å². The summed E-state index contributed by atoms with van der Waals surface area (Å²) in [4.78, 5) is 24.9. The summed E-state index contributed by atoms with van der Waals surface area (Å²) in [5.74, 6) is -0.553. The van der Waals surface area contributed by atoms with E-state index in [1.807, 2.05) is 6.07 Å². The SMILES string of the molecule is NC(=O)c1cn(C2CN(C(=O)CCc3ccc(Cl)c(Cl)c3)C2)nn1. The molecule has 0 unspecified atom stereocenters. The van der Waals surface area contributed by atoms with Crippen molar-refractivity contribution in [3.63, 3.8) is 0 Å². The Bertz CT molecular complexity index is 786. The molecule has 2 amide bonds. The third kappa shape index (κ3) is 3.52. The molecule has 1 aromatic heterocycles. The molecule has 7 nitrogen and oxygen atoms in total. The molecule has 0 bridgehead atoms. The Morgan fingerprint density at radius 1 is 1.25 bits per heavy atom. The molecule has 0 atom stereocenters. The minimum absolute atomic E-state index is 0.0273. The number of amides is 2. The molecule has 3 rings (SSSR count). The van der Waals surface area contributed by atoms with Gasteiger partial charge < -0.3 is 10.6 Å². The van der Waals surface area contributed by atoms with Crippen LogP contribution in [-0.4, -0.2) is 44.8 Å². The van der Waals surface area contributed by atoms with Crippen LogP contribution < -0.4 is 5.73 Å². The number of aryl methyl sites for hydroxylation is 1. The predicted octanol–water partition coefficient (Wildman–Crippen LogP) is 1.70. The summed E-state index contributed by atoms with van der Waals surface area (Å²) in [5, 5.41) is 8.55. The van der Waals surface area contributed by atoms with Gasteiger partial charge in [-0.1, -0.05) is 34.5 Å². The fraction of sp³-hybridized carbons (Fsp3) is 0.333. The molecule has 2 heterocycles. The van der Waals surface area contributed by atoms with Gasteiger partial charge >= 0.3 is 0 Å². The van der Waals surface area contributed by atoms with Crippen LogP contribution in [0.3, 0.4) is 0 Å². The number of nitrogens with two attached hydrogens (primary N) is 1. The van der Waals surface area contributed by atoms with E-state index in [0.717, 1.165) is 5.56 Å². The summed E-state index contributed by atoms with van der Waals surface area (Å²) in [6.45, 7) is 1.09. The van der Waals surface area contributed by atoms with Crippen LogP contribution in [0.2, 0.25) is 10.0 Å². The molecule has 2 N–H and O–H groups in total. The molecule has 24 heavy (non-hydrogen) atoms. The van der Waals surface area contributed by atoms with Crippen molar-refractivity contribution in [2.75, 3.05) is 13.1 Å². The molecule has 1 aromatic carbocycles. The zero-order valence-corrected chi connectivity index (χ0v) is 14.2. The number of carbonyl (C=O) groups excluding carboxylic acids is 2. The first kappa shape index (κ1) is 16.7. The Morgan fingerprint density at radius 3 is 2.62 bits per heavy atom. The van der Waals surface area contributed by atoms with E-state index in [0.29, 0.717) is 36.0 Å². The van der Waals surface area contributed by atoms with Crippen molar-refractivity contribution >= 4 is 35.0 Å². The monoisotopic (exact) mass is 367 g/mol. The third-order valence-corrected chi connectivity index (χ3v) is 4.70. The second kappa shape index (κ2) is 6.78. The summed E-state index contributed by atoms with van der Waals surface area (Å²) in [6, 6.07) is 5.39. The lowest BCUT2D eigenvalue weighted by Gasteiger charge is -2.39. The maximum absolute atomic E-state index is 12.2. The molecule has 2 aromatic rings. The zero-order chi connectivity index (χ0) is 17.3. The summed E-state index contributed by atoms with van der Waals surface area (Å²) in [6.07, 6.45) is 2.51. The highest BCUT2D eigenvalue weighted by Gasteiger charge is 2.32. The van der Waals surface area contributed by atoms with E-state index in [1.54, 1.807) is 21.7 Å². The number of primary amides is 1. The first-order valence-corrected chi connectivity index (χ1v) is 8.13. The largest absolute Gasteiger partial charge is 0.364 e. The van der Waals surface area contributed by atoms with Crippen LogP contribution in [0.1, 0.15) is 28.5 Å². The van der Waals surface area contributed by atoms with Crippen molar-refractivity contribution in [1.82, 2.24) is 19.9 Å². The van der Waals surface area contributed by atoms with Gasteiger partial charge in [0.1, 0.15) is 0 Å². The predicted molar refractivity (Wildman–Crippen MR) is 88.9 cm³/mol. The molecular weight excluding hydrogens is 353 g/mol. The fourth-order valence-electron chi connectivity index (χ4n) is 2.50. The number of carbonyl (C=O) groups is 2. The quantitative estimate of drug-likeness (QED) is 0.869. The lowest BCUT2D eigenvalue weighted by Crippen LogP contribution is -2.51. The van der Waals surface area contributed by atoms with Crippen LogP contribution in [-0.2, 0) is 11.2 Å². The van der Waals surface area contributed by atoms with Crippen LogP contribution >= 0.6 is 23.2 Å². The van der Waals surface area contributed by atoms with Gasteiger partial charge in [0.2, 0.25) is 5.91 Å². The maximum Gasteiger partial charge on any atom is 0.270 e. The van der Waals surface area contributed by atoms with Crippen LogP contribution in [0.15, 0.2) is 24.4 Å². The molecule has 0 spiro atoms. The zero-order valence-electron chi connectivity index (χ0n) is 12.7. The fourth-order valence-corrected chi connectivity index (χ4v) is 2.82. The highest BCUT2D eigenvalue weighted by Crippen LogP contribution is 2.24. The lowest BCUT2D eigenvalue weighted by atomic mass is 10.1. The van der Waals surface area contributed by atoms with Crippen molar-refractivity contribution in [2.45, 2.75) is 18.9 Å². The van der Waals surface area contributed by atoms with Gasteiger partial charge in [0.05, 0.1) is 22.3 Å². The van der Waals surface area contributed by atoms with E-state index in [9.17, 15) is 9.59 Å². The number of nitrogens with zero attached hydrogens (tertiary/aromatic N) is 4. The molecule has 1 aliphatic heterocycles. The molecule has 1 saturated heterocycles. The van der Waals surface area contributed by atoms with Gasteiger partial charge in [0.15, 0.2) is 5.69 Å². The summed E-state index contributed by atoms with van der Waals surface area (Å²) in [5.41, 5.74) is 6.23. The number of halogens is 2. The summed E-state index contributed by atoms with van der Waals surface area (Å²) in [7, 11) is 0. The normalized spacial score (nSPS) is 14.5. The van der Waals surface area contributed by atoms with E-state index >= 15 is 0 Å². The van der Waals surface area contributed by atoms with Gasteiger partial charge in [-0.25, -0.2) is 4.68 Å². The van der Waals surface area contributed by atoms with Crippen LogP contribution in [0.4, 0.5) is 0 Å². The first-order chi connectivity index (χ1) is 11.4. The Hall–Kier alpha value is -2.12. The summed E-state index contributed by atoms with van der Waals surface area (Å²) < 4.78 is 1.57. The molecule has 1 aliphatic rings. The van der Waals surface area contributed by atoms with Gasteiger partial charge in [-0.05, 0) is 24.1 Å². The van der Waals surface area contributed by atoms with Crippen LogP contribution in [0, 0.1) is 0 Å². The lowest BCUT2D eigenvalue weighted by molar-refractivity contribution is -0.137. The van der Waals surface area contributed by atoms with Gasteiger partial charge in [-0.2, -0.15) is 0 Å². The Kier molecular flexibility index (Phi) is 4.73. The van der Waals surface area contributed by atoms with Crippen molar-refractivity contribution in [3.8, 4) is 0 Å². The van der Waals surface area contributed by atoms with Gasteiger partial charge in [0.25, 0.3) is 5.91 Å². The van der Waals surface area contributed by atoms with Gasteiger partial charge in [-0.15, -0.1) is 5.10 Å². The average molecular weight is 368 g/mol. The van der Waals surface area contributed by atoms with Crippen LogP contribution in [0.25, 0.3) is 0 Å². The molecule has 0 radical (unpaired) electrons. The number of aromatic nitrogens is 3. The van der Waals surface area contributed by atoms with Gasteiger partial charge in [0, 0.05) is 19.5 Å². The van der Waals surface area contributed by atoms with E-state index in [2.05, 4.69) is 10.3 Å². The van der Waals surface area contributed by atoms with Crippen LogP contribution in [0.5, 0.6) is 0 Å². The van der Waals surface area contributed by atoms with E-state index in [1.165, 1.54) is 6.20 Å². The second-order valence-electron chi connectivity index (χ2n) is 5.65. The first-order valence-electron chi connectivity index (χ1n) is 7.37. The van der Waals surface area contributed by atoms with Crippen molar-refractivity contribution < 1.29 is 9.59 Å². The van der Waals surface area contributed by atoms with Crippen molar-refractivity contribution in [2.24, 2.45) is 5.73 Å². The smallest absolute Gasteiger partial charge is 0.270 e. The summed E-state index contributed by atoms with van der Waals surface area (Å²) >= 11 is 11.8. The van der Waals surface area contributed by atoms with Crippen molar-refractivity contribution in [1.29, 1.82) is 0 Å². The topological polar surface area (TPSA) is 94.1 Å². The minimum atomic E-state index is -0.616. The maximum atomic E-state index is 12.2. The van der Waals surface area contributed by atoms with E-state index in [-0.39, 0.29) is 17.6 Å². The van der Waals surface area contributed by atoms with Crippen molar-refractivity contribution in [3.05, 3.63) is 45.7 Å². The number of hydrogen-bond donors (Lipinski definition) is 1. The molecule has 1 fully saturated rings. The molecular formula is C15H15Cl2N5O2. The average Bonchev–Trinajstić information content (AvgIpc) is 2.97. The number of likely N-dealkylation sites (tertiary alicyclic amines) is 1.